The molecule has 7 heteroatoms. The first-order chi connectivity index (χ1) is 11.4. The number of Topliss-reactive ketones (excluding diaryl/α,β-unsaturated/α-hetero) is 1. The first kappa shape index (κ1) is 17.1. The number of nitrogens with zero attached hydrogens (tertiary/aromatic N) is 1. The zero-order valence-electron chi connectivity index (χ0n) is 13.1. The van der Waals surface area contributed by atoms with E-state index in [1.807, 2.05) is 0 Å². The molecule has 0 aliphatic carbocycles. The van der Waals surface area contributed by atoms with Crippen molar-refractivity contribution in [1.29, 1.82) is 0 Å². The number of rotatable bonds is 6. The second-order valence-corrected chi connectivity index (χ2v) is 4.99. The van der Waals surface area contributed by atoms with Crippen molar-refractivity contribution < 1.29 is 24.0 Å². The SMILES string of the molecule is COc1ccc(C(=O)OCC(=O)c2ccc(C)c([N+](=O)[O-])c2)cc1. The maximum Gasteiger partial charge on any atom is 0.338 e. The van der Waals surface area contributed by atoms with Crippen LogP contribution in [0.4, 0.5) is 5.69 Å². The van der Waals surface area contributed by atoms with Crippen molar-refractivity contribution in [3.8, 4) is 5.75 Å². The number of benzene rings is 2. The van der Waals surface area contributed by atoms with Crippen LogP contribution in [-0.4, -0.2) is 30.4 Å². The number of carbonyl (C=O) groups is 2. The van der Waals surface area contributed by atoms with Crippen LogP contribution in [0.1, 0.15) is 26.3 Å². The highest BCUT2D eigenvalue weighted by Crippen LogP contribution is 2.19. The maximum absolute atomic E-state index is 12.0. The van der Waals surface area contributed by atoms with Crippen LogP contribution in [-0.2, 0) is 4.74 Å². The van der Waals surface area contributed by atoms with Gasteiger partial charge in [-0.15, -0.1) is 0 Å². The first-order valence-corrected chi connectivity index (χ1v) is 7.02. The third-order valence-electron chi connectivity index (χ3n) is 3.39. The fourth-order valence-corrected chi connectivity index (χ4v) is 2.00. The van der Waals surface area contributed by atoms with Crippen LogP contribution < -0.4 is 4.74 Å². The molecule has 0 fully saturated rings. The van der Waals surface area contributed by atoms with Crippen molar-refractivity contribution in [3.05, 3.63) is 69.3 Å². The molecule has 0 atom stereocenters. The van der Waals surface area contributed by atoms with E-state index in [2.05, 4.69) is 0 Å². The first-order valence-electron chi connectivity index (χ1n) is 7.02. The number of ether oxygens (including phenoxy) is 2. The number of nitro benzene ring substituents is 1. The Balaban J connectivity index is 2.03. The van der Waals surface area contributed by atoms with E-state index in [-0.39, 0.29) is 16.8 Å². The molecule has 2 aromatic rings. The molecule has 0 spiro atoms. The molecule has 0 N–H and O–H groups in total. The lowest BCUT2D eigenvalue weighted by atomic mass is 10.1. The standard InChI is InChI=1S/C17H15NO6/c1-11-3-4-13(9-15(11)18(21)22)16(19)10-24-17(20)12-5-7-14(23-2)8-6-12/h3-9H,10H2,1-2H3. The van der Waals surface area contributed by atoms with Gasteiger partial charge in [0.25, 0.3) is 5.69 Å². The molecule has 124 valence electrons. The average Bonchev–Trinajstić information content (AvgIpc) is 2.59. The summed E-state index contributed by atoms with van der Waals surface area (Å²) < 4.78 is 9.93. The third-order valence-corrected chi connectivity index (χ3v) is 3.39. The molecule has 0 heterocycles. The van der Waals surface area contributed by atoms with Gasteiger partial charge >= 0.3 is 5.97 Å². The summed E-state index contributed by atoms with van der Waals surface area (Å²) in [6.45, 7) is 1.08. The summed E-state index contributed by atoms with van der Waals surface area (Å²) in [6, 6.07) is 10.4. The zero-order valence-corrected chi connectivity index (χ0v) is 13.1. The van der Waals surface area contributed by atoms with Gasteiger partial charge in [-0.3, -0.25) is 14.9 Å². The summed E-state index contributed by atoms with van der Waals surface area (Å²) in [5.74, 6) is -0.581. The van der Waals surface area contributed by atoms with Gasteiger partial charge in [-0.1, -0.05) is 12.1 Å². The smallest absolute Gasteiger partial charge is 0.338 e. The molecular formula is C17H15NO6. The molecule has 0 bridgehead atoms. The van der Waals surface area contributed by atoms with Gasteiger partial charge in [-0.05, 0) is 31.2 Å². The van der Waals surface area contributed by atoms with Crippen molar-refractivity contribution in [1.82, 2.24) is 0 Å². The molecule has 0 aromatic heterocycles. The molecule has 24 heavy (non-hydrogen) atoms. The van der Waals surface area contributed by atoms with E-state index >= 15 is 0 Å². The molecule has 2 rings (SSSR count). The van der Waals surface area contributed by atoms with Crippen molar-refractivity contribution >= 4 is 17.4 Å². The Morgan fingerprint density at radius 3 is 2.29 bits per heavy atom. The zero-order chi connectivity index (χ0) is 17.7. The second kappa shape index (κ2) is 7.36. The van der Waals surface area contributed by atoms with Gasteiger partial charge in [0.05, 0.1) is 17.6 Å². The highest BCUT2D eigenvalue weighted by molar-refractivity contribution is 5.99. The fourth-order valence-electron chi connectivity index (χ4n) is 2.00. The Kier molecular flexibility index (Phi) is 5.26. The predicted octanol–water partition coefficient (Wildman–Crippen LogP) is 2.95. The quantitative estimate of drug-likeness (QED) is 0.350. The van der Waals surface area contributed by atoms with Crippen LogP contribution in [0.2, 0.25) is 0 Å². The summed E-state index contributed by atoms with van der Waals surface area (Å²) in [6.07, 6.45) is 0. The van der Waals surface area contributed by atoms with E-state index in [1.165, 1.54) is 37.4 Å². The molecule has 0 saturated heterocycles. The van der Waals surface area contributed by atoms with E-state index in [0.717, 1.165) is 0 Å². The number of hydrogen-bond acceptors (Lipinski definition) is 6. The van der Waals surface area contributed by atoms with Gasteiger partial charge in [0, 0.05) is 17.2 Å². The van der Waals surface area contributed by atoms with E-state index in [0.29, 0.717) is 11.3 Å². The lowest BCUT2D eigenvalue weighted by Gasteiger charge is -2.06. The number of hydrogen-bond donors (Lipinski definition) is 0. The van der Waals surface area contributed by atoms with Crippen molar-refractivity contribution in [2.75, 3.05) is 13.7 Å². The lowest BCUT2D eigenvalue weighted by Crippen LogP contribution is -2.14. The number of ketones is 1. The van der Waals surface area contributed by atoms with Crippen LogP contribution in [0.15, 0.2) is 42.5 Å². The normalized spacial score (nSPS) is 10.1. The number of nitro groups is 1. The van der Waals surface area contributed by atoms with Gasteiger partial charge in [0.2, 0.25) is 5.78 Å². The molecule has 2 aromatic carbocycles. The lowest BCUT2D eigenvalue weighted by molar-refractivity contribution is -0.385. The maximum atomic E-state index is 12.0. The molecule has 0 aliphatic heterocycles. The fraction of sp³-hybridized carbons (Fsp3) is 0.176. The molecule has 0 aliphatic rings. The van der Waals surface area contributed by atoms with Crippen LogP contribution in [0.5, 0.6) is 5.75 Å². The number of methoxy groups -OCH3 is 1. The van der Waals surface area contributed by atoms with Crippen molar-refractivity contribution in [2.24, 2.45) is 0 Å². The summed E-state index contributed by atoms with van der Waals surface area (Å²) >= 11 is 0. The minimum Gasteiger partial charge on any atom is -0.497 e. The molecule has 7 nitrogen and oxygen atoms in total. The minimum absolute atomic E-state index is 0.120. The molecule has 0 amide bonds. The monoisotopic (exact) mass is 329 g/mol. The van der Waals surface area contributed by atoms with E-state index in [4.69, 9.17) is 9.47 Å². The van der Waals surface area contributed by atoms with Gasteiger partial charge in [0.15, 0.2) is 6.61 Å². The Bertz CT molecular complexity index is 782. The summed E-state index contributed by atoms with van der Waals surface area (Å²) in [7, 11) is 1.51. The Morgan fingerprint density at radius 2 is 1.71 bits per heavy atom. The second-order valence-electron chi connectivity index (χ2n) is 4.99. The van der Waals surface area contributed by atoms with Gasteiger partial charge in [-0.2, -0.15) is 0 Å². The van der Waals surface area contributed by atoms with Gasteiger partial charge in [0.1, 0.15) is 5.75 Å². The van der Waals surface area contributed by atoms with Crippen molar-refractivity contribution in [2.45, 2.75) is 6.92 Å². The highest BCUT2D eigenvalue weighted by atomic mass is 16.6. The van der Waals surface area contributed by atoms with Gasteiger partial charge < -0.3 is 9.47 Å². The molecule has 0 saturated carbocycles. The number of aryl methyl sites for hydroxylation is 1. The van der Waals surface area contributed by atoms with Crippen LogP contribution in [0, 0.1) is 17.0 Å². The summed E-state index contributed by atoms with van der Waals surface area (Å²) in [4.78, 5) is 34.3. The largest absolute Gasteiger partial charge is 0.497 e. The summed E-state index contributed by atoms with van der Waals surface area (Å²) in [5.41, 5.74) is 0.697. The van der Waals surface area contributed by atoms with E-state index in [1.54, 1.807) is 19.1 Å². The van der Waals surface area contributed by atoms with Crippen LogP contribution in [0.25, 0.3) is 0 Å². The Morgan fingerprint density at radius 1 is 1.08 bits per heavy atom. The van der Waals surface area contributed by atoms with Crippen LogP contribution >= 0.6 is 0 Å². The Labute approximate surface area is 138 Å². The summed E-state index contributed by atoms with van der Waals surface area (Å²) in [5, 5.41) is 10.9. The third kappa shape index (κ3) is 3.95. The van der Waals surface area contributed by atoms with Crippen LogP contribution in [0.3, 0.4) is 0 Å². The average molecular weight is 329 g/mol. The number of esters is 1. The predicted molar refractivity (Wildman–Crippen MR) is 85.4 cm³/mol. The molecular weight excluding hydrogens is 314 g/mol. The molecule has 0 radical (unpaired) electrons. The minimum atomic E-state index is -0.660. The Hall–Kier alpha value is -3.22. The van der Waals surface area contributed by atoms with E-state index in [9.17, 15) is 19.7 Å². The van der Waals surface area contributed by atoms with Gasteiger partial charge in [-0.25, -0.2) is 4.79 Å². The molecule has 0 unspecified atom stereocenters. The topological polar surface area (TPSA) is 95.7 Å². The van der Waals surface area contributed by atoms with E-state index < -0.39 is 23.3 Å². The highest BCUT2D eigenvalue weighted by Gasteiger charge is 2.17. The van der Waals surface area contributed by atoms with Crippen molar-refractivity contribution in [3.63, 3.8) is 0 Å². The number of carbonyl (C=O) groups excluding carboxylic acids is 2.